The molecule has 2 atom stereocenters. The fourth-order valence-corrected chi connectivity index (χ4v) is 2.25. The number of aromatic nitrogens is 1. The first-order chi connectivity index (χ1) is 8.15. The van der Waals surface area contributed by atoms with Crippen LogP contribution in [-0.4, -0.2) is 24.0 Å². The Morgan fingerprint density at radius 2 is 2.35 bits per heavy atom. The van der Waals surface area contributed by atoms with E-state index in [0.717, 1.165) is 17.8 Å². The van der Waals surface area contributed by atoms with E-state index in [1.165, 1.54) is 0 Å². The molecule has 0 saturated heterocycles. The molecular formula is C12H21N3OS. The van der Waals surface area contributed by atoms with Crippen LogP contribution in [0.1, 0.15) is 37.6 Å². The first-order valence-electron chi connectivity index (χ1n) is 6.02. The van der Waals surface area contributed by atoms with E-state index in [4.69, 9.17) is 5.73 Å². The number of thiazole rings is 1. The largest absolute Gasteiger partial charge is 0.355 e. The lowest BCUT2D eigenvalue weighted by atomic mass is 10.0. The number of amides is 1. The van der Waals surface area contributed by atoms with Crippen LogP contribution >= 0.6 is 11.3 Å². The van der Waals surface area contributed by atoms with Gasteiger partial charge in [0.1, 0.15) is 0 Å². The molecule has 17 heavy (non-hydrogen) atoms. The molecule has 1 rings (SSSR count). The van der Waals surface area contributed by atoms with Crippen molar-refractivity contribution in [3.8, 4) is 0 Å². The highest BCUT2D eigenvalue weighted by molar-refractivity contribution is 7.09. The van der Waals surface area contributed by atoms with Crippen LogP contribution in [0.3, 0.4) is 0 Å². The summed E-state index contributed by atoms with van der Waals surface area (Å²) in [6, 6.07) is 0. The van der Waals surface area contributed by atoms with Crippen molar-refractivity contribution in [1.82, 2.24) is 10.3 Å². The van der Waals surface area contributed by atoms with Gasteiger partial charge in [-0.2, -0.15) is 0 Å². The predicted octanol–water partition coefficient (Wildman–Crippen LogP) is 1.74. The maximum atomic E-state index is 11.8. The third-order valence-electron chi connectivity index (χ3n) is 2.74. The average Bonchev–Trinajstić information content (AvgIpc) is 2.86. The van der Waals surface area contributed by atoms with Gasteiger partial charge in [-0.25, -0.2) is 4.98 Å². The molecule has 1 amide bonds. The number of carbonyl (C=O) groups excluding carboxylic acids is 1. The molecule has 96 valence electrons. The minimum Gasteiger partial charge on any atom is -0.355 e. The van der Waals surface area contributed by atoms with Gasteiger partial charge in [-0.1, -0.05) is 13.8 Å². The van der Waals surface area contributed by atoms with E-state index >= 15 is 0 Å². The lowest BCUT2D eigenvalue weighted by Gasteiger charge is -2.14. The van der Waals surface area contributed by atoms with E-state index in [9.17, 15) is 4.79 Å². The van der Waals surface area contributed by atoms with Gasteiger partial charge in [0.05, 0.1) is 5.01 Å². The highest BCUT2D eigenvalue weighted by Crippen LogP contribution is 2.16. The van der Waals surface area contributed by atoms with Gasteiger partial charge in [-0.05, 0) is 19.4 Å². The summed E-state index contributed by atoms with van der Waals surface area (Å²) >= 11 is 1.63. The summed E-state index contributed by atoms with van der Waals surface area (Å²) in [4.78, 5) is 16.0. The first-order valence-corrected chi connectivity index (χ1v) is 6.90. The maximum absolute atomic E-state index is 11.8. The molecule has 1 heterocycles. The molecule has 2 unspecified atom stereocenters. The van der Waals surface area contributed by atoms with Gasteiger partial charge in [0.2, 0.25) is 5.91 Å². The number of nitrogens with zero attached hydrogens (tertiary/aromatic N) is 1. The number of hydrogen-bond donors (Lipinski definition) is 2. The minimum absolute atomic E-state index is 0.0436. The van der Waals surface area contributed by atoms with Gasteiger partial charge in [0, 0.05) is 30.0 Å². The normalized spacial score (nSPS) is 14.3. The SMILES string of the molecule is CC(CCCN)C(=O)NCC(C)c1nccs1. The van der Waals surface area contributed by atoms with Gasteiger partial charge in [-0.3, -0.25) is 4.79 Å². The topological polar surface area (TPSA) is 68.0 Å². The van der Waals surface area contributed by atoms with Crippen LogP contribution in [0.25, 0.3) is 0 Å². The van der Waals surface area contributed by atoms with Crippen molar-refractivity contribution in [2.24, 2.45) is 11.7 Å². The van der Waals surface area contributed by atoms with Crippen LogP contribution < -0.4 is 11.1 Å². The van der Waals surface area contributed by atoms with Crippen molar-refractivity contribution in [1.29, 1.82) is 0 Å². The summed E-state index contributed by atoms with van der Waals surface area (Å²) in [6.45, 7) is 5.31. The van der Waals surface area contributed by atoms with Crippen molar-refractivity contribution in [2.75, 3.05) is 13.1 Å². The van der Waals surface area contributed by atoms with Crippen molar-refractivity contribution in [2.45, 2.75) is 32.6 Å². The van der Waals surface area contributed by atoms with Crippen LogP contribution in [0.2, 0.25) is 0 Å². The van der Waals surface area contributed by atoms with Crippen LogP contribution in [0.4, 0.5) is 0 Å². The number of carbonyl (C=O) groups is 1. The number of nitrogens with one attached hydrogen (secondary N) is 1. The molecule has 0 aromatic carbocycles. The molecule has 1 aromatic heterocycles. The zero-order valence-electron chi connectivity index (χ0n) is 10.5. The quantitative estimate of drug-likeness (QED) is 0.780. The van der Waals surface area contributed by atoms with Crippen LogP contribution in [0.15, 0.2) is 11.6 Å². The highest BCUT2D eigenvalue weighted by Gasteiger charge is 2.14. The second-order valence-electron chi connectivity index (χ2n) is 4.35. The molecule has 0 aliphatic carbocycles. The Balaban J connectivity index is 2.28. The molecule has 4 nitrogen and oxygen atoms in total. The third kappa shape index (κ3) is 4.83. The highest BCUT2D eigenvalue weighted by atomic mass is 32.1. The molecule has 0 aliphatic heterocycles. The lowest BCUT2D eigenvalue weighted by molar-refractivity contribution is -0.124. The van der Waals surface area contributed by atoms with E-state index in [2.05, 4.69) is 17.2 Å². The Kier molecular flexibility index (Phi) is 6.15. The van der Waals surface area contributed by atoms with E-state index in [1.54, 1.807) is 17.5 Å². The summed E-state index contributed by atoms with van der Waals surface area (Å²) in [5.41, 5.74) is 5.42. The molecule has 0 saturated carbocycles. The average molecular weight is 255 g/mol. The molecule has 0 aliphatic rings. The number of nitrogens with two attached hydrogens (primary N) is 1. The smallest absolute Gasteiger partial charge is 0.222 e. The van der Waals surface area contributed by atoms with E-state index in [0.29, 0.717) is 13.1 Å². The number of rotatable bonds is 7. The molecule has 0 radical (unpaired) electrons. The summed E-state index contributed by atoms with van der Waals surface area (Å²) in [5, 5.41) is 5.99. The zero-order chi connectivity index (χ0) is 12.7. The van der Waals surface area contributed by atoms with Gasteiger partial charge in [-0.15, -0.1) is 11.3 Å². The first kappa shape index (κ1) is 14.1. The van der Waals surface area contributed by atoms with Gasteiger partial charge in [0.15, 0.2) is 0 Å². The van der Waals surface area contributed by atoms with Gasteiger partial charge < -0.3 is 11.1 Å². The van der Waals surface area contributed by atoms with E-state index < -0.39 is 0 Å². The fourth-order valence-electron chi connectivity index (χ4n) is 1.55. The Labute approximate surface area is 107 Å². The van der Waals surface area contributed by atoms with Crippen molar-refractivity contribution >= 4 is 17.2 Å². The predicted molar refractivity (Wildman–Crippen MR) is 71.0 cm³/mol. The van der Waals surface area contributed by atoms with Gasteiger partial charge >= 0.3 is 0 Å². The molecule has 5 heteroatoms. The second kappa shape index (κ2) is 7.40. The standard InChI is InChI=1S/C12H21N3OS/c1-9(4-3-5-13)11(16)15-8-10(2)12-14-6-7-17-12/h6-7,9-10H,3-5,8,13H2,1-2H3,(H,15,16). The maximum Gasteiger partial charge on any atom is 0.222 e. The molecule has 0 fully saturated rings. The Morgan fingerprint density at radius 1 is 1.59 bits per heavy atom. The monoisotopic (exact) mass is 255 g/mol. The molecular weight excluding hydrogens is 234 g/mol. The van der Waals surface area contributed by atoms with Crippen LogP contribution in [0.5, 0.6) is 0 Å². The van der Waals surface area contributed by atoms with Crippen LogP contribution in [-0.2, 0) is 4.79 Å². The second-order valence-corrected chi connectivity index (χ2v) is 5.27. The van der Waals surface area contributed by atoms with E-state index in [-0.39, 0.29) is 17.7 Å². The molecule has 0 bridgehead atoms. The Hall–Kier alpha value is -0.940. The van der Waals surface area contributed by atoms with Crippen molar-refractivity contribution in [3.63, 3.8) is 0 Å². The molecule has 0 spiro atoms. The van der Waals surface area contributed by atoms with Gasteiger partial charge in [0.25, 0.3) is 0 Å². The summed E-state index contributed by atoms with van der Waals surface area (Å²) in [7, 11) is 0. The summed E-state index contributed by atoms with van der Waals surface area (Å²) in [5.74, 6) is 0.435. The van der Waals surface area contributed by atoms with Crippen molar-refractivity contribution in [3.05, 3.63) is 16.6 Å². The Morgan fingerprint density at radius 3 is 2.94 bits per heavy atom. The third-order valence-corrected chi connectivity index (χ3v) is 3.75. The minimum atomic E-state index is 0.0436. The molecule has 3 N–H and O–H groups in total. The summed E-state index contributed by atoms with van der Waals surface area (Å²) < 4.78 is 0. The van der Waals surface area contributed by atoms with Crippen molar-refractivity contribution < 1.29 is 4.79 Å². The zero-order valence-corrected chi connectivity index (χ0v) is 11.3. The van der Waals surface area contributed by atoms with E-state index in [1.807, 2.05) is 12.3 Å². The summed E-state index contributed by atoms with van der Waals surface area (Å²) in [6.07, 6.45) is 3.55. The number of hydrogen-bond acceptors (Lipinski definition) is 4. The van der Waals surface area contributed by atoms with Crippen LogP contribution in [0, 0.1) is 5.92 Å². The lowest BCUT2D eigenvalue weighted by Crippen LogP contribution is -2.32. The molecule has 1 aromatic rings. The Bertz CT molecular complexity index is 327. The fraction of sp³-hybridized carbons (Fsp3) is 0.667.